The van der Waals surface area contributed by atoms with Crippen molar-refractivity contribution in [3.63, 3.8) is 0 Å². The number of amides is 1. The molecule has 0 bridgehead atoms. The maximum Gasteiger partial charge on any atom is 0.241 e. The minimum atomic E-state index is -3.84. The van der Waals surface area contributed by atoms with E-state index in [4.69, 9.17) is 0 Å². The monoisotopic (exact) mass is 328 g/mol. The Kier molecular flexibility index (Phi) is 5.52. The number of rotatable bonds is 5. The highest BCUT2D eigenvalue weighted by Crippen LogP contribution is 2.17. The molecule has 1 atom stereocenters. The first-order valence-corrected chi connectivity index (χ1v) is 8.95. The number of hydrogen-bond acceptors (Lipinski definition) is 3. The zero-order chi connectivity index (χ0) is 16.2. The summed E-state index contributed by atoms with van der Waals surface area (Å²) < 4.78 is 39.4. The average Bonchev–Trinajstić information content (AvgIpc) is 2.48. The van der Waals surface area contributed by atoms with E-state index in [1.807, 2.05) is 0 Å². The van der Waals surface area contributed by atoms with Crippen molar-refractivity contribution in [3.05, 3.63) is 30.1 Å². The highest BCUT2D eigenvalue weighted by molar-refractivity contribution is 7.89. The number of halogens is 1. The average molecular weight is 328 g/mol. The van der Waals surface area contributed by atoms with Gasteiger partial charge in [0.1, 0.15) is 5.82 Å². The molecule has 1 aliphatic carbocycles. The van der Waals surface area contributed by atoms with Crippen molar-refractivity contribution in [2.45, 2.75) is 56.0 Å². The van der Waals surface area contributed by atoms with Crippen molar-refractivity contribution >= 4 is 15.9 Å². The summed E-state index contributed by atoms with van der Waals surface area (Å²) in [4.78, 5) is 12.0. The molecule has 1 aliphatic rings. The fourth-order valence-corrected chi connectivity index (χ4v) is 3.74. The number of carbonyl (C=O) groups is 1. The van der Waals surface area contributed by atoms with Gasteiger partial charge in [-0.05, 0) is 44.0 Å². The summed E-state index contributed by atoms with van der Waals surface area (Å²) in [6.45, 7) is 1.50. The van der Waals surface area contributed by atoms with Crippen LogP contribution in [0, 0.1) is 5.82 Å². The van der Waals surface area contributed by atoms with Crippen LogP contribution in [0.2, 0.25) is 0 Å². The van der Waals surface area contributed by atoms with Gasteiger partial charge in [-0.25, -0.2) is 12.8 Å². The van der Waals surface area contributed by atoms with Crippen LogP contribution in [0.3, 0.4) is 0 Å². The summed E-state index contributed by atoms with van der Waals surface area (Å²) in [6.07, 6.45) is 5.22. The number of nitrogens with one attached hydrogen (secondary N) is 2. The van der Waals surface area contributed by atoms with Crippen molar-refractivity contribution < 1.29 is 17.6 Å². The minimum Gasteiger partial charge on any atom is -0.352 e. The molecular weight excluding hydrogens is 307 g/mol. The third-order valence-corrected chi connectivity index (χ3v) is 5.36. The van der Waals surface area contributed by atoms with Crippen molar-refractivity contribution in [1.29, 1.82) is 0 Å². The van der Waals surface area contributed by atoms with E-state index in [1.165, 1.54) is 25.5 Å². The molecule has 0 radical (unpaired) electrons. The van der Waals surface area contributed by atoms with Gasteiger partial charge in [0.25, 0.3) is 0 Å². The number of hydrogen-bond donors (Lipinski definition) is 2. The quantitative estimate of drug-likeness (QED) is 0.867. The molecule has 1 fully saturated rings. The summed E-state index contributed by atoms with van der Waals surface area (Å²) >= 11 is 0. The van der Waals surface area contributed by atoms with Crippen LogP contribution < -0.4 is 10.0 Å². The topological polar surface area (TPSA) is 75.3 Å². The lowest BCUT2D eigenvalue weighted by Gasteiger charge is -2.24. The number of benzene rings is 1. The van der Waals surface area contributed by atoms with Gasteiger partial charge in [-0.3, -0.25) is 4.79 Å². The molecule has 5 nitrogen and oxygen atoms in total. The smallest absolute Gasteiger partial charge is 0.241 e. The van der Waals surface area contributed by atoms with Crippen LogP contribution in [0.5, 0.6) is 0 Å². The summed E-state index contributed by atoms with van der Waals surface area (Å²) in [6, 6.07) is 3.73. The second kappa shape index (κ2) is 7.19. The predicted octanol–water partition coefficient (Wildman–Crippen LogP) is 1.94. The van der Waals surface area contributed by atoms with E-state index in [2.05, 4.69) is 10.0 Å². The molecule has 7 heteroatoms. The van der Waals surface area contributed by atoms with Crippen LogP contribution in [-0.2, 0) is 14.8 Å². The normalized spacial score (nSPS) is 17.9. The second-order valence-electron chi connectivity index (χ2n) is 5.64. The third-order valence-electron chi connectivity index (χ3n) is 3.80. The molecule has 0 spiro atoms. The fraction of sp³-hybridized carbons (Fsp3) is 0.533. The summed E-state index contributed by atoms with van der Waals surface area (Å²) in [7, 11) is -3.84. The maximum absolute atomic E-state index is 12.8. The van der Waals surface area contributed by atoms with Crippen LogP contribution in [0.15, 0.2) is 29.2 Å². The molecule has 0 aromatic heterocycles. The molecule has 1 aromatic rings. The van der Waals surface area contributed by atoms with Crippen molar-refractivity contribution in [2.24, 2.45) is 0 Å². The Morgan fingerprint density at radius 3 is 2.36 bits per heavy atom. The molecule has 122 valence electrons. The minimum absolute atomic E-state index is 0.0637. The first-order valence-electron chi connectivity index (χ1n) is 7.47. The lowest BCUT2D eigenvalue weighted by molar-refractivity contribution is -0.123. The standard InChI is InChI=1S/C15H21FN2O3S/c1-11(15(19)17-13-5-3-2-4-6-13)18-22(20,21)14-9-7-12(16)8-10-14/h7-11,13,18H,2-6H2,1H3,(H,17,19)/t11-/m1/s1. The van der Waals surface area contributed by atoms with Gasteiger partial charge >= 0.3 is 0 Å². The summed E-state index contributed by atoms with van der Waals surface area (Å²) in [5.74, 6) is -0.848. The molecule has 1 saturated carbocycles. The Hall–Kier alpha value is -1.47. The Morgan fingerprint density at radius 2 is 1.77 bits per heavy atom. The molecule has 0 heterocycles. The van der Waals surface area contributed by atoms with Crippen molar-refractivity contribution in [1.82, 2.24) is 10.0 Å². The lowest BCUT2D eigenvalue weighted by atomic mass is 9.95. The molecular formula is C15H21FN2O3S. The number of sulfonamides is 1. The van der Waals surface area contributed by atoms with Gasteiger partial charge in [0.05, 0.1) is 10.9 Å². The molecule has 22 heavy (non-hydrogen) atoms. The van der Waals surface area contributed by atoms with Crippen LogP contribution in [-0.4, -0.2) is 26.4 Å². The van der Waals surface area contributed by atoms with E-state index >= 15 is 0 Å². The van der Waals surface area contributed by atoms with E-state index in [9.17, 15) is 17.6 Å². The Morgan fingerprint density at radius 1 is 1.18 bits per heavy atom. The zero-order valence-electron chi connectivity index (χ0n) is 12.5. The molecule has 2 N–H and O–H groups in total. The predicted molar refractivity (Wildman–Crippen MR) is 81.2 cm³/mol. The van der Waals surface area contributed by atoms with E-state index in [1.54, 1.807) is 0 Å². The van der Waals surface area contributed by atoms with Crippen LogP contribution >= 0.6 is 0 Å². The highest BCUT2D eigenvalue weighted by atomic mass is 32.2. The molecule has 0 saturated heterocycles. The number of carbonyl (C=O) groups excluding carboxylic acids is 1. The third kappa shape index (κ3) is 4.51. The van der Waals surface area contributed by atoms with E-state index in [0.717, 1.165) is 37.8 Å². The van der Waals surface area contributed by atoms with Gasteiger partial charge in [0.2, 0.25) is 15.9 Å². The highest BCUT2D eigenvalue weighted by Gasteiger charge is 2.24. The first kappa shape index (κ1) is 16.9. The van der Waals surface area contributed by atoms with Gasteiger partial charge in [-0.1, -0.05) is 19.3 Å². The lowest BCUT2D eigenvalue weighted by Crippen LogP contribution is -2.48. The molecule has 1 aromatic carbocycles. The second-order valence-corrected chi connectivity index (χ2v) is 7.35. The summed E-state index contributed by atoms with van der Waals surface area (Å²) in [5, 5.41) is 2.88. The van der Waals surface area contributed by atoms with Gasteiger partial charge in [0, 0.05) is 6.04 Å². The maximum atomic E-state index is 12.8. The zero-order valence-corrected chi connectivity index (χ0v) is 13.3. The van der Waals surface area contributed by atoms with Crippen LogP contribution in [0.25, 0.3) is 0 Å². The SMILES string of the molecule is C[C@@H](NS(=O)(=O)c1ccc(F)cc1)C(=O)NC1CCCCC1. The van der Waals surface area contributed by atoms with Crippen molar-refractivity contribution in [3.8, 4) is 0 Å². The fourth-order valence-electron chi connectivity index (χ4n) is 2.54. The van der Waals surface area contributed by atoms with Crippen LogP contribution in [0.1, 0.15) is 39.0 Å². The largest absolute Gasteiger partial charge is 0.352 e. The van der Waals surface area contributed by atoms with Gasteiger partial charge < -0.3 is 5.32 Å². The molecule has 1 amide bonds. The van der Waals surface area contributed by atoms with Gasteiger partial charge in [-0.2, -0.15) is 4.72 Å². The van der Waals surface area contributed by atoms with Crippen LogP contribution in [0.4, 0.5) is 4.39 Å². The molecule has 0 unspecified atom stereocenters. The first-order chi connectivity index (χ1) is 10.4. The van der Waals surface area contributed by atoms with Gasteiger partial charge in [0.15, 0.2) is 0 Å². The Bertz CT molecular complexity index is 610. The van der Waals surface area contributed by atoms with Crippen molar-refractivity contribution in [2.75, 3.05) is 0 Å². The Labute approximate surface area is 130 Å². The van der Waals surface area contributed by atoms with E-state index < -0.39 is 21.9 Å². The van der Waals surface area contributed by atoms with E-state index in [0.29, 0.717) is 0 Å². The van der Waals surface area contributed by atoms with E-state index in [-0.39, 0.29) is 16.8 Å². The van der Waals surface area contributed by atoms with Gasteiger partial charge in [-0.15, -0.1) is 0 Å². The molecule has 2 rings (SSSR count). The molecule has 0 aliphatic heterocycles. The Balaban J connectivity index is 1.95. The summed E-state index contributed by atoms with van der Waals surface area (Å²) in [5.41, 5.74) is 0.